The first-order valence-electron chi connectivity index (χ1n) is 8.38. The summed E-state index contributed by atoms with van der Waals surface area (Å²) in [5.41, 5.74) is 2.00. The number of anilines is 1. The molecule has 0 radical (unpaired) electrons. The van der Waals surface area contributed by atoms with Gasteiger partial charge in [-0.1, -0.05) is 12.1 Å². The standard InChI is InChI=1S/C20H18N2O3S/c1-14-4-2-6-17(21-14)20(23)22(13-16-5-3-11-26-16)15-7-8-18-19(12-15)25-10-9-24-18/h2-8,11-12H,9-10,13H2,1H3. The summed E-state index contributed by atoms with van der Waals surface area (Å²) in [7, 11) is 0. The second kappa shape index (κ2) is 7.17. The Morgan fingerprint density at radius 1 is 1.12 bits per heavy atom. The van der Waals surface area contributed by atoms with E-state index >= 15 is 0 Å². The number of thiophene rings is 1. The summed E-state index contributed by atoms with van der Waals surface area (Å²) < 4.78 is 11.3. The summed E-state index contributed by atoms with van der Waals surface area (Å²) >= 11 is 1.62. The van der Waals surface area contributed by atoms with E-state index in [0.29, 0.717) is 37.0 Å². The highest BCUT2D eigenvalue weighted by Crippen LogP contribution is 2.35. The number of amides is 1. The number of hydrogen-bond donors (Lipinski definition) is 0. The van der Waals surface area contributed by atoms with E-state index in [-0.39, 0.29) is 5.91 Å². The maximum Gasteiger partial charge on any atom is 0.277 e. The van der Waals surface area contributed by atoms with Gasteiger partial charge in [0.2, 0.25) is 0 Å². The third-order valence-electron chi connectivity index (χ3n) is 4.08. The number of carbonyl (C=O) groups is 1. The van der Waals surface area contributed by atoms with Crippen LogP contribution in [0.1, 0.15) is 21.1 Å². The molecule has 6 heteroatoms. The molecule has 1 aliphatic rings. The fourth-order valence-corrected chi connectivity index (χ4v) is 3.53. The number of fused-ring (bicyclic) bond motifs is 1. The molecule has 132 valence electrons. The number of nitrogens with zero attached hydrogens (tertiary/aromatic N) is 2. The predicted octanol–water partition coefficient (Wildman–Crippen LogP) is 4.07. The van der Waals surface area contributed by atoms with Gasteiger partial charge in [0.15, 0.2) is 11.5 Å². The third-order valence-corrected chi connectivity index (χ3v) is 4.95. The predicted molar refractivity (Wildman–Crippen MR) is 101 cm³/mol. The molecule has 0 fully saturated rings. The molecule has 3 aromatic rings. The monoisotopic (exact) mass is 366 g/mol. The second-order valence-electron chi connectivity index (χ2n) is 5.96. The Bertz CT molecular complexity index is 925. The van der Waals surface area contributed by atoms with Crippen LogP contribution in [0.15, 0.2) is 53.9 Å². The van der Waals surface area contributed by atoms with Crippen LogP contribution < -0.4 is 14.4 Å². The van der Waals surface area contributed by atoms with Crippen molar-refractivity contribution < 1.29 is 14.3 Å². The van der Waals surface area contributed by atoms with Crippen molar-refractivity contribution in [3.8, 4) is 11.5 Å². The first-order chi connectivity index (χ1) is 12.7. The average Bonchev–Trinajstić information content (AvgIpc) is 3.18. The van der Waals surface area contributed by atoms with Crippen molar-refractivity contribution in [2.45, 2.75) is 13.5 Å². The quantitative estimate of drug-likeness (QED) is 0.698. The van der Waals surface area contributed by atoms with Crippen LogP contribution in [0.4, 0.5) is 5.69 Å². The molecule has 5 nitrogen and oxygen atoms in total. The van der Waals surface area contributed by atoms with Gasteiger partial charge in [-0.25, -0.2) is 4.98 Å². The van der Waals surface area contributed by atoms with Gasteiger partial charge < -0.3 is 14.4 Å². The third kappa shape index (κ3) is 3.41. The maximum atomic E-state index is 13.2. The Kier molecular flexibility index (Phi) is 4.58. The topological polar surface area (TPSA) is 51.7 Å². The average molecular weight is 366 g/mol. The van der Waals surface area contributed by atoms with E-state index < -0.39 is 0 Å². The smallest absolute Gasteiger partial charge is 0.277 e. The van der Waals surface area contributed by atoms with Gasteiger partial charge in [-0.05, 0) is 42.6 Å². The second-order valence-corrected chi connectivity index (χ2v) is 7.00. The Labute approximate surface area is 155 Å². The highest BCUT2D eigenvalue weighted by molar-refractivity contribution is 7.09. The van der Waals surface area contributed by atoms with Gasteiger partial charge in [0.25, 0.3) is 5.91 Å². The molecule has 3 heterocycles. The van der Waals surface area contributed by atoms with Crippen LogP contribution >= 0.6 is 11.3 Å². The van der Waals surface area contributed by atoms with Crippen molar-refractivity contribution in [2.75, 3.05) is 18.1 Å². The van der Waals surface area contributed by atoms with E-state index in [2.05, 4.69) is 4.98 Å². The van der Waals surface area contributed by atoms with Gasteiger partial charge in [-0.15, -0.1) is 11.3 Å². The van der Waals surface area contributed by atoms with Crippen molar-refractivity contribution in [3.63, 3.8) is 0 Å². The minimum Gasteiger partial charge on any atom is -0.486 e. The first-order valence-corrected chi connectivity index (χ1v) is 9.26. The molecule has 1 aliphatic heterocycles. The van der Waals surface area contributed by atoms with Crippen LogP contribution in [-0.4, -0.2) is 24.1 Å². The molecule has 2 aromatic heterocycles. The van der Waals surface area contributed by atoms with Gasteiger partial charge in [-0.2, -0.15) is 0 Å². The Hall–Kier alpha value is -2.86. The van der Waals surface area contributed by atoms with Gasteiger partial charge in [-0.3, -0.25) is 4.79 Å². The van der Waals surface area contributed by atoms with E-state index in [1.54, 1.807) is 22.3 Å². The van der Waals surface area contributed by atoms with E-state index in [9.17, 15) is 4.79 Å². The molecule has 0 aliphatic carbocycles. The van der Waals surface area contributed by atoms with E-state index in [1.165, 1.54) is 0 Å². The number of rotatable bonds is 4. The van der Waals surface area contributed by atoms with Crippen LogP contribution in [0.2, 0.25) is 0 Å². The molecule has 4 rings (SSSR count). The van der Waals surface area contributed by atoms with Crippen LogP contribution in [-0.2, 0) is 6.54 Å². The number of ether oxygens (including phenoxy) is 2. The maximum absolute atomic E-state index is 13.2. The van der Waals surface area contributed by atoms with Gasteiger partial charge in [0.1, 0.15) is 18.9 Å². The van der Waals surface area contributed by atoms with Crippen molar-refractivity contribution >= 4 is 22.9 Å². The zero-order valence-corrected chi connectivity index (χ0v) is 15.2. The first kappa shape index (κ1) is 16.6. The molecule has 0 spiro atoms. The number of aromatic nitrogens is 1. The highest BCUT2D eigenvalue weighted by atomic mass is 32.1. The molecule has 0 saturated heterocycles. The van der Waals surface area contributed by atoms with E-state index in [4.69, 9.17) is 9.47 Å². The lowest BCUT2D eigenvalue weighted by Gasteiger charge is -2.25. The summed E-state index contributed by atoms with van der Waals surface area (Å²) in [4.78, 5) is 20.4. The number of pyridine rings is 1. The lowest BCUT2D eigenvalue weighted by molar-refractivity contribution is 0.0980. The Morgan fingerprint density at radius 3 is 2.73 bits per heavy atom. The zero-order chi connectivity index (χ0) is 17.9. The van der Waals surface area contributed by atoms with Crippen molar-refractivity contribution in [1.82, 2.24) is 4.98 Å². The molecule has 0 atom stereocenters. The van der Waals surface area contributed by atoms with Gasteiger partial charge >= 0.3 is 0 Å². The van der Waals surface area contributed by atoms with E-state index in [0.717, 1.165) is 16.3 Å². The summed E-state index contributed by atoms with van der Waals surface area (Å²) in [6.45, 7) is 3.41. The normalized spacial score (nSPS) is 12.7. The summed E-state index contributed by atoms with van der Waals surface area (Å²) in [6.07, 6.45) is 0. The van der Waals surface area contributed by atoms with Crippen LogP contribution in [0.3, 0.4) is 0 Å². The van der Waals surface area contributed by atoms with Gasteiger partial charge in [0.05, 0.1) is 6.54 Å². The Morgan fingerprint density at radius 2 is 1.96 bits per heavy atom. The van der Waals surface area contributed by atoms with Crippen LogP contribution in [0, 0.1) is 6.92 Å². The van der Waals surface area contributed by atoms with Crippen molar-refractivity contribution in [1.29, 1.82) is 0 Å². The molecule has 26 heavy (non-hydrogen) atoms. The Balaban J connectivity index is 1.72. The van der Waals surface area contributed by atoms with Crippen LogP contribution in [0.5, 0.6) is 11.5 Å². The lowest BCUT2D eigenvalue weighted by Crippen LogP contribution is -2.31. The molecule has 0 unspecified atom stereocenters. The molecule has 0 saturated carbocycles. The fourth-order valence-electron chi connectivity index (χ4n) is 2.84. The summed E-state index contributed by atoms with van der Waals surface area (Å²) in [6, 6.07) is 15.1. The minimum absolute atomic E-state index is 0.140. The number of hydrogen-bond acceptors (Lipinski definition) is 5. The molecule has 0 N–H and O–H groups in total. The van der Waals surface area contributed by atoms with Crippen LogP contribution in [0.25, 0.3) is 0 Å². The molecule has 0 bridgehead atoms. The molecular formula is C20H18N2O3S. The lowest BCUT2D eigenvalue weighted by atomic mass is 10.2. The highest BCUT2D eigenvalue weighted by Gasteiger charge is 2.22. The minimum atomic E-state index is -0.140. The largest absolute Gasteiger partial charge is 0.486 e. The molecule has 1 amide bonds. The van der Waals surface area contributed by atoms with Gasteiger partial charge in [0, 0.05) is 22.3 Å². The van der Waals surface area contributed by atoms with E-state index in [1.807, 2.05) is 54.8 Å². The number of benzene rings is 1. The number of carbonyl (C=O) groups excluding carboxylic acids is 1. The van der Waals surface area contributed by atoms with Crippen molar-refractivity contribution in [3.05, 3.63) is 70.2 Å². The summed E-state index contributed by atoms with van der Waals surface area (Å²) in [5, 5.41) is 2.01. The number of aryl methyl sites for hydroxylation is 1. The van der Waals surface area contributed by atoms with Crippen molar-refractivity contribution in [2.24, 2.45) is 0 Å². The molecule has 1 aromatic carbocycles. The molecular weight excluding hydrogens is 348 g/mol. The SMILES string of the molecule is Cc1cccc(C(=O)N(Cc2cccs2)c2ccc3c(c2)OCCO3)n1. The fraction of sp³-hybridized carbons (Fsp3) is 0.200. The zero-order valence-electron chi connectivity index (χ0n) is 14.3. The summed E-state index contributed by atoms with van der Waals surface area (Å²) in [5.74, 6) is 1.23.